The van der Waals surface area contributed by atoms with E-state index in [0.717, 1.165) is 12.0 Å². The number of H-pyrrole nitrogens is 1. The molecule has 0 spiro atoms. The van der Waals surface area contributed by atoms with Gasteiger partial charge in [0.15, 0.2) is 6.20 Å². The highest BCUT2D eigenvalue weighted by Crippen LogP contribution is 2.26. The Morgan fingerprint density at radius 3 is 2.30 bits per heavy atom. The zero-order valence-corrected chi connectivity index (χ0v) is 16.5. The Labute approximate surface area is 169 Å². The van der Waals surface area contributed by atoms with Crippen molar-refractivity contribution in [2.24, 2.45) is 0 Å². The van der Waals surface area contributed by atoms with E-state index in [0.29, 0.717) is 10.0 Å². The molecular weight excluding hydrogens is 381 g/mol. The van der Waals surface area contributed by atoms with Crippen LogP contribution in [0, 0.1) is 0 Å². The minimum atomic E-state index is -0.0510. The van der Waals surface area contributed by atoms with Crippen molar-refractivity contribution in [3.63, 3.8) is 0 Å². The molecule has 1 aromatic heterocycles. The molecule has 0 aliphatic rings. The molecule has 140 valence electrons. The van der Waals surface area contributed by atoms with E-state index in [2.05, 4.69) is 10.4 Å². The molecule has 0 aliphatic heterocycles. The SMILES string of the molecule is C[C@@H](NC(=O)C[n+]1ccc[nH]1)[C@H](Cc1ccc(Cl)cc1)c1ccc(Cl)cc1. The summed E-state index contributed by atoms with van der Waals surface area (Å²) in [5.74, 6) is 0.0750. The number of aromatic amines is 1. The number of benzene rings is 2. The average molecular weight is 403 g/mol. The van der Waals surface area contributed by atoms with E-state index in [9.17, 15) is 4.79 Å². The normalized spacial score (nSPS) is 13.1. The molecule has 6 heteroatoms. The van der Waals surface area contributed by atoms with Crippen molar-refractivity contribution < 1.29 is 9.48 Å². The Morgan fingerprint density at radius 2 is 1.70 bits per heavy atom. The van der Waals surface area contributed by atoms with Crippen LogP contribution in [0.4, 0.5) is 0 Å². The van der Waals surface area contributed by atoms with Gasteiger partial charge in [-0.2, -0.15) is 5.10 Å². The molecule has 0 saturated heterocycles. The van der Waals surface area contributed by atoms with Gasteiger partial charge >= 0.3 is 0 Å². The Balaban J connectivity index is 1.76. The van der Waals surface area contributed by atoms with Gasteiger partial charge in [0.2, 0.25) is 6.54 Å². The van der Waals surface area contributed by atoms with E-state index in [1.807, 2.05) is 67.7 Å². The van der Waals surface area contributed by atoms with Crippen molar-refractivity contribution in [2.75, 3.05) is 0 Å². The van der Waals surface area contributed by atoms with Crippen molar-refractivity contribution >= 4 is 29.1 Å². The Hall–Kier alpha value is -2.30. The van der Waals surface area contributed by atoms with Gasteiger partial charge in [-0.1, -0.05) is 47.5 Å². The number of amides is 1. The maximum atomic E-state index is 12.4. The molecule has 0 unspecified atom stereocenters. The molecule has 0 radical (unpaired) electrons. The molecule has 1 heterocycles. The maximum absolute atomic E-state index is 12.4. The monoisotopic (exact) mass is 402 g/mol. The van der Waals surface area contributed by atoms with Gasteiger partial charge < -0.3 is 5.32 Å². The highest BCUT2D eigenvalue weighted by atomic mass is 35.5. The Bertz CT molecular complexity index is 861. The van der Waals surface area contributed by atoms with E-state index >= 15 is 0 Å². The van der Waals surface area contributed by atoms with Gasteiger partial charge in [-0.3, -0.25) is 4.79 Å². The van der Waals surface area contributed by atoms with Crippen LogP contribution < -0.4 is 10.00 Å². The van der Waals surface area contributed by atoms with Gasteiger partial charge in [-0.25, -0.2) is 0 Å². The van der Waals surface area contributed by atoms with Crippen molar-refractivity contribution in [2.45, 2.75) is 31.8 Å². The lowest BCUT2D eigenvalue weighted by molar-refractivity contribution is -0.738. The molecule has 1 amide bonds. The Morgan fingerprint density at radius 1 is 1.07 bits per heavy atom. The van der Waals surface area contributed by atoms with E-state index in [4.69, 9.17) is 23.2 Å². The molecule has 27 heavy (non-hydrogen) atoms. The minimum absolute atomic E-state index is 0.0370. The summed E-state index contributed by atoms with van der Waals surface area (Å²) >= 11 is 12.1. The quantitative estimate of drug-likeness (QED) is 0.573. The molecular formula is C21H22Cl2N3O+. The third-order valence-corrected chi connectivity index (χ3v) is 5.08. The number of halogens is 2. The summed E-state index contributed by atoms with van der Waals surface area (Å²) in [6.45, 7) is 2.29. The Kier molecular flexibility index (Phi) is 6.54. The fourth-order valence-corrected chi connectivity index (χ4v) is 3.40. The predicted molar refractivity (Wildman–Crippen MR) is 108 cm³/mol. The first-order chi connectivity index (χ1) is 13.0. The number of nitrogens with zero attached hydrogens (tertiary/aromatic N) is 1. The standard InChI is InChI=1S/C21H21Cl2N3O/c1-15(25-21(27)14-26-12-2-11-24-26)20(17-5-9-19(23)10-6-17)13-16-3-7-18(22)8-4-16/h2-12,15,20H,13-14H2,1H3,(H,25,27)/p+1/t15-,20+/m1/s1. The van der Waals surface area contributed by atoms with E-state index in [1.165, 1.54) is 5.56 Å². The van der Waals surface area contributed by atoms with Crippen LogP contribution in [-0.4, -0.2) is 17.0 Å². The first-order valence-electron chi connectivity index (χ1n) is 8.83. The third-order valence-electron chi connectivity index (χ3n) is 4.58. The second-order valence-corrected chi connectivity index (χ2v) is 7.48. The van der Waals surface area contributed by atoms with Crippen LogP contribution in [0.1, 0.15) is 24.0 Å². The van der Waals surface area contributed by atoms with Crippen LogP contribution in [0.3, 0.4) is 0 Å². The van der Waals surface area contributed by atoms with Gasteiger partial charge in [0.05, 0.1) is 6.20 Å². The lowest BCUT2D eigenvalue weighted by Gasteiger charge is -2.25. The molecule has 2 atom stereocenters. The maximum Gasteiger partial charge on any atom is 0.288 e. The van der Waals surface area contributed by atoms with Crippen LogP contribution in [0.2, 0.25) is 10.0 Å². The molecule has 0 fully saturated rings. The van der Waals surface area contributed by atoms with Crippen LogP contribution in [0.25, 0.3) is 0 Å². The molecule has 3 rings (SSSR count). The lowest BCUT2D eigenvalue weighted by Crippen LogP contribution is -2.47. The van der Waals surface area contributed by atoms with Crippen LogP contribution in [-0.2, 0) is 17.8 Å². The van der Waals surface area contributed by atoms with Crippen molar-refractivity contribution in [3.8, 4) is 0 Å². The van der Waals surface area contributed by atoms with Crippen LogP contribution >= 0.6 is 23.2 Å². The number of carbonyl (C=O) groups is 1. The van der Waals surface area contributed by atoms with E-state index in [1.54, 1.807) is 10.9 Å². The highest BCUT2D eigenvalue weighted by molar-refractivity contribution is 6.30. The number of hydrogen-bond donors (Lipinski definition) is 2. The van der Waals surface area contributed by atoms with Crippen molar-refractivity contribution in [3.05, 3.63) is 88.2 Å². The number of nitrogens with one attached hydrogen (secondary N) is 2. The summed E-state index contributed by atoms with van der Waals surface area (Å²) in [5, 5.41) is 7.52. The van der Waals surface area contributed by atoms with Crippen LogP contribution in [0.5, 0.6) is 0 Å². The summed E-state index contributed by atoms with van der Waals surface area (Å²) in [5.41, 5.74) is 2.30. The molecule has 0 bridgehead atoms. The van der Waals surface area contributed by atoms with Gasteiger partial charge in [-0.15, -0.1) is 4.68 Å². The van der Waals surface area contributed by atoms with Gasteiger partial charge in [0, 0.05) is 28.1 Å². The molecule has 2 N–H and O–H groups in total. The van der Waals surface area contributed by atoms with Gasteiger partial charge in [0.25, 0.3) is 5.91 Å². The van der Waals surface area contributed by atoms with E-state index in [-0.39, 0.29) is 24.4 Å². The lowest BCUT2D eigenvalue weighted by atomic mass is 9.86. The summed E-state index contributed by atoms with van der Waals surface area (Å²) in [4.78, 5) is 12.4. The van der Waals surface area contributed by atoms with Gasteiger partial charge in [0.1, 0.15) is 0 Å². The molecule has 2 aromatic carbocycles. The molecule has 4 nitrogen and oxygen atoms in total. The topological polar surface area (TPSA) is 48.8 Å². The minimum Gasteiger partial charge on any atom is -0.347 e. The van der Waals surface area contributed by atoms with Crippen LogP contribution in [0.15, 0.2) is 67.0 Å². The first kappa shape index (κ1) is 19.5. The molecule has 3 aromatic rings. The largest absolute Gasteiger partial charge is 0.347 e. The smallest absolute Gasteiger partial charge is 0.288 e. The number of hydrogen-bond acceptors (Lipinski definition) is 1. The first-order valence-corrected chi connectivity index (χ1v) is 9.59. The fraction of sp³-hybridized carbons (Fsp3) is 0.238. The summed E-state index contributed by atoms with van der Waals surface area (Å²) < 4.78 is 1.73. The summed E-state index contributed by atoms with van der Waals surface area (Å²) in [6, 6.07) is 17.4. The fourth-order valence-electron chi connectivity index (χ4n) is 3.15. The number of rotatable bonds is 7. The van der Waals surface area contributed by atoms with E-state index < -0.39 is 0 Å². The molecule has 0 aliphatic carbocycles. The van der Waals surface area contributed by atoms with Crippen molar-refractivity contribution in [1.82, 2.24) is 10.4 Å². The average Bonchev–Trinajstić information content (AvgIpc) is 3.15. The molecule has 0 saturated carbocycles. The number of aromatic nitrogens is 2. The second kappa shape index (κ2) is 9.07. The second-order valence-electron chi connectivity index (χ2n) is 6.61. The zero-order chi connectivity index (χ0) is 19.2. The zero-order valence-electron chi connectivity index (χ0n) is 15.0. The van der Waals surface area contributed by atoms with Crippen molar-refractivity contribution in [1.29, 1.82) is 0 Å². The third kappa shape index (κ3) is 5.59. The predicted octanol–water partition coefficient (Wildman–Crippen LogP) is 4.14. The summed E-state index contributed by atoms with van der Waals surface area (Å²) in [6.07, 6.45) is 4.40. The summed E-state index contributed by atoms with van der Waals surface area (Å²) in [7, 11) is 0. The number of carbonyl (C=O) groups excluding carboxylic acids is 1. The van der Waals surface area contributed by atoms with Gasteiger partial charge in [-0.05, 0) is 48.7 Å². The highest BCUT2D eigenvalue weighted by Gasteiger charge is 2.23.